The van der Waals surface area contributed by atoms with Crippen molar-refractivity contribution in [2.75, 3.05) is 13.2 Å². The van der Waals surface area contributed by atoms with Gasteiger partial charge in [0.2, 0.25) is 0 Å². The lowest BCUT2D eigenvalue weighted by molar-refractivity contribution is 0.0402. The summed E-state index contributed by atoms with van der Waals surface area (Å²) in [4.78, 5) is 0. The average Bonchev–Trinajstić information content (AvgIpc) is 2.03. The van der Waals surface area contributed by atoms with E-state index in [1.165, 1.54) is 6.42 Å². The van der Waals surface area contributed by atoms with Gasteiger partial charge in [0, 0.05) is 12.1 Å². The first kappa shape index (κ1) is 11.0. The minimum Gasteiger partial charge on any atom is -0.396 e. The van der Waals surface area contributed by atoms with E-state index in [2.05, 4.69) is 26.1 Å². The Morgan fingerprint density at radius 1 is 1.38 bits per heavy atom. The summed E-state index contributed by atoms with van der Waals surface area (Å²) in [5, 5.41) is 13.0. The largest absolute Gasteiger partial charge is 0.396 e. The SMILES string of the molecule is CCCC1(CO)CCNC(C)(C)C1. The lowest BCUT2D eigenvalue weighted by atomic mass is 9.70. The molecule has 78 valence electrons. The zero-order valence-electron chi connectivity index (χ0n) is 9.19. The van der Waals surface area contributed by atoms with E-state index in [1.54, 1.807) is 0 Å². The number of hydrogen-bond acceptors (Lipinski definition) is 2. The number of hydrogen-bond donors (Lipinski definition) is 2. The van der Waals surface area contributed by atoms with Crippen LogP contribution in [0.25, 0.3) is 0 Å². The van der Waals surface area contributed by atoms with E-state index in [0.29, 0.717) is 6.61 Å². The maximum Gasteiger partial charge on any atom is 0.0488 e. The zero-order chi connectivity index (χ0) is 9.95. The van der Waals surface area contributed by atoms with Crippen LogP contribution in [0, 0.1) is 5.41 Å². The van der Waals surface area contributed by atoms with Crippen LogP contribution in [0.15, 0.2) is 0 Å². The highest BCUT2D eigenvalue weighted by Gasteiger charge is 2.38. The molecule has 2 heteroatoms. The molecule has 1 atom stereocenters. The minimum absolute atomic E-state index is 0.198. The summed E-state index contributed by atoms with van der Waals surface area (Å²) in [5.41, 5.74) is 0.402. The Labute approximate surface area is 81.7 Å². The second kappa shape index (κ2) is 3.97. The monoisotopic (exact) mass is 185 g/mol. The van der Waals surface area contributed by atoms with Crippen molar-refractivity contribution in [3.05, 3.63) is 0 Å². The molecular weight excluding hydrogens is 162 g/mol. The summed E-state index contributed by atoms with van der Waals surface area (Å²) < 4.78 is 0. The maximum atomic E-state index is 9.48. The molecule has 1 heterocycles. The highest BCUT2D eigenvalue weighted by atomic mass is 16.3. The number of piperidine rings is 1. The Morgan fingerprint density at radius 2 is 2.08 bits per heavy atom. The lowest BCUT2D eigenvalue weighted by Gasteiger charge is -2.44. The molecule has 0 aliphatic carbocycles. The zero-order valence-corrected chi connectivity index (χ0v) is 9.19. The van der Waals surface area contributed by atoms with Gasteiger partial charge in [0.25, 0.3) is 0 Å². The first-order chi connectivity index (χ1) is 6.04. The van der Waals surface area contributed by atoms with Crippen LogP contribution >= 0.6 is 0 Å². The number of aliphatic hydroxyl groups is 1. The second-order valence-electron chi connectivity index (χ2n) is 5.15. The Hall–Kier alpha value is -0.0800. The van der Waals surface area contributed by atoms with Gasteiger partial charge in [-0.15, -0.1) is 0 Å². The van der Waals surface area contributed by atoms with E-state index in [1.807, 2.05) is 0 Å². The molecule has 0 spiro atoms. The van der Waals surface area contributed by atoms with Gasteiger partial charge in [0.1, 0.15) is 0 Å². The van der Waals surface area contributed by atoms with E-state index >= 15 is 0 Å². The van der Waals surface area contributed by atoms with Crippen molar-refractivity contribution in [1.82, 2.24) is 5.32 Å². The molecule has 1 saturated heterocycles. The van der Waals surface area contributed by atoms with Crippen molar-refractivity contribution < 1.29 is 5.11 Å². The van der Waals surface area contributed by atoms with Gasteiger partial charge in [0.15, 0.2) is 0 Å². The van der Waals surface area contributed by atoms with Crippen molar-refractivity contribution in [2.45, 2.75) is 52.0 Å². The highest BCUT2D eigenvalue weighted by molar-refractivity contribution is 4.94. The van der Waals surface area contributed by atoms with Gasteiger partial charge in [-0.3, -0.25) is 0 Å². The van der Waals surface area contributed by atoms with Crippen molar-refractivity contribution in [3.63, 3.8) is 0 Å². The third kappa shape index (κ3) is 2.68. The average molecular weight is 185 g/mol. The first-order valence-corrected chi connectivity index (χ1v) is 5.39. The first-order valence-electron chi connectivity index (χ1n) is 5.39. The van der Waals surface area contributed by atoms with Crippen LogP contribution in [-0.2, 0) is 0 Å². The molecule has 0 saturated carbocycles. The van der Waals surface area contributed by atoms with Crippen LogP contribution in [0.4, 0.5) is 0 Å². The topological polar surface area (TPSA) is 32.3 Å². The van der Waals surface area contributed by atoms with Gasteiger partial charge in [-0.1, -0.05) is 13.3 Å². The fraction of sp³-hybridized carbons (Fsp3) is 1.00. The Bertz CT molecular complexity index is 163. The van der Waals surface area contributed by atoms with Crippen LogP contribution in [0.1, 0.15) is 46.5 Å². The van der Waals surface area contributed by atoms with E-state index in [0.717, 1.165) is 25.8 Å². The van der Waals surface area contributed by atoms with Gasteiger partial charge in [-0.05, 0) is 45.1 Å². The Morgan fingerprint density at radius 3 is 2.54 bits per heavy atom. The molecule has 1 rings (SSSR count). The standard InChI is InChI=1S/C11H23NO/c1-4-5-11(9-13)6-7-12-10(2,3)8-11/h12-13H,4-9H2,1-3H3. The molecule has 0 radical (unpaired) electrons. The third-order valence-corrected chi connectivity index (χ3v) is 3.19. The Balaban J connectivity index is 2.64. The number of aliphatic hydroxyl groups excluding tert-OH is 1. The molecule has 0 aromatic rings. The van der Waals surface area contributed by atoms with Crippen molar-refractivity contribution in [1.29, 1.82) is 0 Å². The molecule has 0 aromatic heterocycles. The molecule has 13 heavy (non-hydrogen) atoms. The van der Waals surface area contributed by atoms with Gasteiger partial charge in [0.05, 0.1) is 0 Å². The molecule has 0 bridgehead atoms. The molecule has 0 aromatic carbocycles. The lowest BCUT2D eigenvalue weighted by Crippen LogP contribution is -2.52. The molecule has 1 aliphatic heterocycles. The quantitative estimate of drug-likeness (QED) is 0.704. The summed E-state index contributed by atoms with van der Waals surface area (Å²) in [7, 11) is 0. The van der Waals surface area contributed by atoms with Crippen molar-refractivity contribution in [3.8, 4) is 0 Å². The van der Waals surface area contributed by atoms with E-state index in [9.17, 15) is 5.11 Å². The van der Waals surface area contributed by atoms with Gasteiger partial charge in [-0.25, -0.2) is 0 Å². The smallest absolute Gasteiger partial charge is 0.0488 e. The third-order valence-electron chi connectivity index (χ3n) is 3.19. The van der Waals surface area contributed by atoms with Gasteiger partial charge >= 0.3 is 0 Å². The summed E-state index contributed by atoms with van der Waals surface area (Å²) in [5.74, 6) is 0. The summed E-state index contributed by atoms with van der Waals surface area (Å²) in [6, 6.07) is 0. The molecular formula is C11H23NO. The van der Waals surface area contributed by atoms with Crippen LogP contribution in [0.3, 0.4) is 0 Å². The predicted octanol–water partition coefficient (Wildman–Crippen LogP) is 1.93. The summed E-state index contributed by atoms with van der Waals surface area (Å²) >= 11 is 0. The normalized spacial score (nSPS) is 33.2. The van der Waals surface area contributed by atoms with E-state index in [-0.39, 0.29) is 11.0 Å². The summed E-state index contributed by atoms with van der Waals surface area (Å²) in [6.45, 7) is 8.06. The number of rotatable bonds is 3. The maximum absolute atomic E-state index is 9.48. The van der Waals surface area contributed by atoms with Gasteiger partial charge in [-0.2, -0.15) is 0 Å². The van der Waals surface area contributed by atoms with Crippen molar-refractivity contribution in [2.24, 2.45) is 5.41 Å². The molecule has 2 N–H and O–H groups in total. The van der Waals surface area contributed by atoms with Crippen LogP contribution in [0.5, 0.6) is 0 Å². The highest BCUT2D eigenvalue weighted by Crippen LogP contribution is 2.39. The molecule has 0 amide bonds. The molecule has 1 aliphatic rings. The van der Waals surface area contributed by atoms with Crippen molar-refractivity contribution >= 4 is 0 Å². The minimum atomic E-state index is 0.198. The van der Waals surface area contributed by atoms with E-state index in [4.69, 9.17) is 0 Å². The predicted molar refractivity (Wildman–Crippen MR) is 55.7 cm³/mol. The summed E-state index contributed by atoms with van der Waals surface area (Å²) in [6.07, 6.45) is 4.57. The Kier molecular flexibility index (Phi) is 3.36. The fourth-order valence-electron chi connectivity index (χ4n) is 2.71. The van der Waals surface area contributed by atoms with Gasteiger partial charge < -0.3 is 10.4 Å². The molecule has 1 fully saturated rings. The van der Waals surface area contributed by atoms with Crippen LogP contribution in [-0.4, -0.2) is 23.8 Å². The molecule has 1 unspecified atom stereocenters. The number of nitrogens with one attached hydrogen (secondary N) is 1. The fourth-order valence-corrected chi connectivity index (χ4v) is 2.71. The van der Waals surface area contributed by atoms with E-state index < -0.39 is 0 Å². The second-order valence-corrected chi connectivity index (χ2v) is 5.15. The molecule has 2 nitrogen and oxygen atoms in total. The van der Waals surface area contributed by atoms with Crippen LogP contribution in [0.2, 0.25) is 0 Å². The van der Waals surface area contributed by atoms with Crippen LogP contribution < -0.4 is 5.32 Å².